The van der Waals surface area contributed by atoms with Gasteiger partial charge in [0.15, 0.2) is 0 Å². The summed E-state index contributed by atoms with van der Waals surface area (Å²) in [5, 5.41) is 5.94. The van der Waals surface area contributed by atoms with Crippen LogP contribution in [0.2, 0.25) is 0 Å². The van der Waals surface area contributed by atoms with Crippen molar-refractivity contribution in [1.82, 2.24) is 15.5 Å². The first kappa shape index (κ1) is 23.6. The molecular formula is C25H35N3O2. The molecule has 30 heavy (non-hydrogen) atoms. The molecular weight excluding hydrogens is 374 g/mol. The van der Waals surface area contributed by atoms with Crippen LogP contribution in [0.1, 0.15) is 56.8 Å². The number of nitrogens with zero attached hydrogens (tertiary/aromatic N) is 1. The van der Waals surface area contributed by atoms with E-state index in [1.807, 2.05) is 62.4 Å². The Morgan fingerprint density at radius 3 is 2.10 bits per heavy atom. The zero-order chi connectivity index (χ0) is 21.9. The fourth-order valence-corrected chi connectivity index (χ4v) is 3.39. The number of rotatable bonds is 11. The van der Waals surface area contributed by atoms with Crippen molar-refractivity contribution in [2.75, 3.05) is 13.1 Å². The summed E-state index contributed by atoms with van der Waals surface area (Å²) < 4.78 is 0. The summed E-state index contributed by atoms with van der Waals surface area (Å²) in [6.45, 7) is 11.5. The molecule has 1 atom stereocenters. The van der Waals surface area contributed by atoms with E-state index in [0.717, 1.165) is 30.8 Å². The summed E-state index contributed by atoms with van der Waals surface area (Å²) in [6.07, 6.45) is 0.392. The van der Waals surface area contributed by atoms with Crippen LogP contribution in [0.4, 0.5) is 0 Å². The monoisotopic (exact) mass is 409 g/mol. The van der Waals surface area contributed by atoms with Crippen LogP contribution in [0.25, 0.3) is 0 Å². The van der Waals surface area contributed by atoms with Crippen molar-refractivity contribution in [2.45, 2.75) is 53.2 Å². The Kier molecular flexibility index (Phi) is 9.55. The van der Waals surface area contributed by atoms with E-state index in [1.54, 1.807) is 0 Å². The third-order valence-corrected chi connectivity index (χ3v) is 5.15. The number of hydrogen-bond acceptors (Lipinski definition) is 3. The van der Waals surface area contributed by atoms with Gasteiger partial charge in [-0.15, -0.1) is 0 Å². The topological polar surface area (TPSA) is 61.4 Å². The normalized spacial score (nSPS) is 12.1. The smallest absolute Gasteiger partial charge is 0.247 e. The van der Waals surface area contributed by atoms with Gasteiger partial charge in [-0.2, -0.15) is 0 Å². The number of carbonyl (C=O) groups excluding carboxylic acids is 2. The van der Waals surface area contributed by atoms with Crippen LogP contribution in [0.3, 0.4) is 0 Å². The number of hydrogen-bond donors (Lipinski definition) is 2. The molecule has 2 aromatic carbocycles. The largest absolute Gasteiger partial charge is 0.350 e. The maximum atomic E-state index is 13.0. The highest BCUT2D eigenvalue weighted by atomic mass is 16.2. The maximum absolute atomic E-state index is 13.0. The predicted molar refractivity (Wildman–Crippen MR) is 122 cm³/mol. The second kappa shape index (κ2) is 12.1. The standard InChI is InChI=1S/C25H35N3O2/c1-5-28(6-2)18-22-15-11-10-14-21(22)17-26-25(30)24(20-12-8-7-9-13-20)27-23(29)16-19(3)4/h7-15,19,24H,5-6,16-18H2,1-4H3,(H,26,30)(H,27,29). The highest BCUT2D eigenvalue weighted by Gasteiger charge is 2.23. The van der Waals surface area contributed by atoms with Crippen LogP contribution < -0.4 is 10.6 Å². The second-order valence-corrected chi connectivity index (χ2v) is 7.96. The molecule has 0 fully saturated rings. The van der Waals surface area contributed by atoms with Crippen molar-refractivity contribution in [3.8, 4) is 0 Å². The van der Waals surface area contributed by atoms with E-state index >= 15 is 0 Å². The van der Waals surface area contributed by atoms with Crippen molar-refractivity contribution in [3.63, 3.8) is 0 Å². The predicted octanol–water partition coefficient (Wildman–Crippen LogP) is 4.05. The zero-order valence-corrected chi connectivity index (χ0v) is 18.7. The molecule has 2 rings (SSSR count). The van der Waals surface area contributed by atoms with Crippen molar-refractivity contribution in [2.24, 2.45) is 5.92 Å². The van der Waals surface area contributed by atoms with Crippen molar-refractivity contribution < 1.29 is 9.59 Å². The minimum Gasteiger partial charge on any atom is -0.350 e. The SMILES string of the molecule is CCN(CC)Cc1ccccc1CNC(=O)C(NC(=O)CC(C)C)c1ccccc1. The molecule has 0 radical (unpaired) electrons. The lowest BCUT2D eigenvalue weighted by Crippen LogP contribution is -2.40. The van der Waals surface area contributed by atoms with Gasteiger partial charge in [0.05, 0.1) is 0 Å². The molecule has 0 aliphatic heterocycles. The highest BCUT2D eigenvalue weighted by Crippen LogP contribution is 2.16. The Hall–Kier alpha value is -2.66. The number of nitrogens with one attached hydrogen (secondary N) is 2. The lowest BCUT2D eigenvalue weighted by Gasteiger charge is -2.22. The average molecular weight is 410 g/mol. The van der Waals surface area contributed by atoms with Gasteiger partial charge in [-0.25, -0.2) is 0 Å². The molecule has 0 saturated carbocycles. The van der Waals surface area contributed by atoms with Gasteiger partial charge >= 0.3 is 0 Å². The molecule has 0 aliphatic rings. The van der Waals surface area contributed by atoms with Gasteiger partial charge in [-0.1, -0.05) is 82.3 Å². The Labute approximate surface area is 180 Å². The number of amides is 2. The first-order valence-electron chi connectivity index (χ1n) is 10.9. The molecule has 1 unspecified atom stereocenters. The van der Waals surface area contributed by atoms with Crippen LogP contribution in [-0.4, -0.2) is 29.8 Å². The van der Waals surface area contributed by atoms with Crippen molar-refractivity contribution in [1.29, 1.82) is 0 Å². The molecule has 0 aliphatic carbocycles. The van der Waals surface area contributed by atoms with E-state index in [4.69, 9.17) is 0 Å². The summed E-state index contributed by atoms with van der Waals surface area (Å²) >= 11 is 0. The van der Waals surface area contributed by atoms with E-state index in [-0.39, 0.29) is 17.7 Å². The summed E-state index contributed by atoms with van der Waals surface area (Å²) in [6, 6.07) is 16.9. The Morgan fingerprint density at radius 1 is 0.900 bits per heavy atom. The highest BCUT2D eigenvalue weighted by molar-refractivity contribution is 5.88. The molecule has 5 nitrogen and oxygen atoms in total. The molecule has 0 aromatic heterocycles. The third-order valence-electron chi connectivity index (χ3n) is 5.15. The summed E-state index contributed by atoms with van der Waals surface area (Å²) in [7, 11) is 0. The van der Waals surface area contributed by atoms with Gasteiger partial charge < -0.3 is 10.6 Å². The van der Waals surface area contributed by atoms with Crippen LogP contribution in [0.15, 0.2) is 54.6 Å². The molecule has 0 heterocycles. The minimum atomic E-state index is -0.701. The van der Waals surface area contributed by atoms with Crippen LogP contribution >= 0.6 is 0 Å². The molecule has 0 bridgehead atoms. The fourth-order valence-electron chi connectivity index (χ4n) is 3.39. The van der Waals surface area contributed by atoms with E-state index in [9.17, 15) is 9.59 Å². The third kappa shape index (κ3) is 7.30. The Balaban J connectivity index is 2.12. The van der Waals surface area contributed by atoms with Crippen molar-refractivity contribution >= 4 is 11.8 Å². The summed E-state index contributed by atoms with van der Waals surface area (Å²) in [5.74, 6) is -0.0803. The van der Waals surface area contributed by atoms with Gasteiger partial charge in [-0.3, -0.25) is 14.5 Å². The van der Waals surface area contributed by atoms with Gasteiger partial charge in [0.1, 0.15) is 6.04 Å². The van der Waals surface area contributed by atoms with Gasteiger partial charge in [0, 0.05) is 19.5 Å². The second-order valence-electron chi connectivity index (χ2n) is 7.96. The first-order chi connectivity index (χ1) is 14.4. The van der Waals surface area contributed by atoms with E-state index < -0.39 is 6.04 Å². The van der Waals surface area contributed by atoms with Crippen LogP contribution in [0.5, 0.6) is 0 Å². The number of carbonyl (C=O) groups is 2. The van der Waals surface area contributed by atoms with Crippen LogP contribution in [-0.2, 0) is 22.7 Å². The Morgan fingerprint density at radius 2 is 1.50 bits per heavy atom. The zero-order valence-electron chi connectivity index (χ0n) is 18.7. The first-order valence-corrected chi connectivity index (χ1v) is 10.9. The minimum absolute atomic E-state index is 0.115. The van der Waals surface area contributed by atoms with Gasteiger partial charge in [0.2, 0.25) is 11.8 Å². The molecule has 2 amide bonds. The Bertz CT molecular complexity index is 801. The molecule has 0 spiro atoms. The molecule has 2 aromatic rings. The molecule has 162 valence electrons. The van der Waals surface area contributed by atoms with Gasteiger partial charge in [0.25, 0.3) is 0 Å². The van der Waals surface area contributed by atoms with Crippen LogP contribution in [0, 0.1) is 5.92 Å². The molecule has 0 saturated heterocycles. The van der Waals surface area contributed by atoms with Gasteiger partial charge in [-0.05, 0) is 35.7 Å². The fraction of sp³-hybridized carbons (Fsp3) is 0.440. The molecule has 5 heteroatoms. The summed E-state index contributed by atoms with van der Waals surface area (Å²) in [4.78, 5) is 27.8. The number of benzene rings is 2. The average Bonchev–Trinajstić information content (AvgIpc) is 2.75. The maximum Gasteiger partial charge on any atom is 0.247 e. The quantitative estimate of drug-likeness (QED) is 0.589. The summed E-state index contributed by atoms with van der Waals surface area (Å²) in [5.41, 5.74) is 3.09. The van der Waals surface area contributed by atoms with Crippen molar-refractivity contribution in [3.05, 3.63) is 71.3 Å². The van der Waals surface area contributed by atoms with E-state index in [1.165, 1.54) is 5.56 Å². The lowest BCUT2D eigenvalue weighted by atomic mass is 10.0. The van der Waals surface area contributed by atoms with E-state index in [0.29, 0.717) is 13.0 Å². The lowest BCUT2D eigenvalue weighted by molar-refractivity contribution is -0.129. The van der Waals surface area contributed by atoms with E-state index in [2.05, 4.69) is 35.4 Å². The molecule has 2 N–H and O–H groups in total.